The molecule has 6 nitrogen and oxygen atoms in total. The van der Waals surface area contributed by atoms with Gasteiger partial charge in [-0.1, -0.05) is 11.6 Å². The molecule has 2 heterocycles. The summed E-state index contributed by atoms with van der Waals surface area (Å²) in [5, 5.41) is 0. The minimum absolute atomic E-state index is 0.0777. The Labute approximate surface area is 147 Å². The summed E-state index contributed by atoms with van der Waals surface area (Å²) in [5.74, 6) is 1.10. The van der Waals surface area contributed by atoms with Gasteiger partial charge in [-0.05, 0) is 25.1 Å². The van der Waals surface area contributed by atoms with Crippen LogP contribution in [0.5, 0.6) is 17.2 Å². The Bertz CT molecular complexity index is 757. The Kier molecular flexibility index (Phi) is 3.87. The number of benzene rings is 1. The lowest BCUT2D eigenvalue weighted by atomic mass is 9.74. The van der Waals surface area contributed by atoms with Crippen molar-refractivity contribution < 1.29 is 23.7 Å². The highest BCUT2D eigenvalue weighted by Gasteiger charge is 2.48. The molecule has 0 spiro atoms. The number of fused-ring (bicyclic) bond motifs is 5. The van der Waals surface area contributed by atoms with E-state index in [0.717, 1.165) is 24.9 Å². The van der Waals surface area contributed by atoms with Gasteiger partial charge in [-0.3, -0.25) is 4.90 Å². The third kappa shape index (κ3) is 2.24. The molecule has 0 N–H and O–H groups in total. The van der Waals surface area contributed by atoms with Crippen LogP contribution in [0.2, 0.25) is 0 Å². The summed E-state index contributed by atoms with van der Waals surface area (Å²) in [7, 11) is 6.79. The number of ether oxygens (including phenoxy) is 4. The maximum atomic E-state index is 12.7. The summed E-state index contributed by atoms with van der Waals surface area (Å²) < 4.78 is 22.3. The maximum absolute atomic E-state index is 12.7. The van der Waals surface area contributed by atoms with Crippen LogP contribution in [0.3, 0.4) is 0 Å². The Balaban J connectivity index is 1.95. The number of carbonyl (C=O) groups is 1. The molecule has 3 unspecified atom stereocenters. The highest BCUT2D eigenvalue weighted by molar-refractivity contribution is 5.97. The van der Waals surface area contributed by atoms with Crippen molar-refractivity contribution >= 4 is 5.97 Å². The van der Waals surface area contributed by atoms with E-state index in [-0.39, 0.29) is 24.0 Å². The van der Waals surface area contributed by atoms with Crippen molar-refractivity contribution in [3.8, 4) is 17.2 Å². The second kappa shape index (κ2) is 5.95. The van der Waals surface area contributed by atoms with Crippen LogP contribution in [0.4, 0.5) is 0 Å². The first-order valence-electron chi connectivity index (χ1n) is 8.53. The molecule has 134 valence electrons. The summed E-state index contributed by atoms with van der Waals surface area (Å²) in [5.41, 5.74) is 2.82. The number of hydrogen-bond donors (Lipinski definition) is 0. The Morgan fingerprint density at radius 2 is 1.92 bits per heavy atom. The van der Waals surface area contributed by atoms with Gasteiger partial charge in [0.15, 0.2) is 11.5 Å². The normalized spacial score (nSPS) is 27.6. The standard InChI is InChI=1S/C19H23NO5/c1-20-8-7-10-5-6-12-14(16(10)20)11-9-13(22-2)17(23-3)18(24-4)15(11)19(21)25-12/h5,9,12,14,16H,6-8H2,1-4H3. The van der Waals surface area contributed by atoms with Gasteiger partial charge in [0.05, 0.1) is 21.3 Å². The van der Waals surface area contributed by atoms with Gasteiger partial charge in [0, 0.05) is 24.9 Å². The fourth-order valence-corrected chi connectivity index (χ4v) is 4.56. The molecule has 1 aromatic rings. The monoisotopic (exact) mass is 345 g/mol. The van der Waals surface area contributed by atoms with E-state index in [1.54, 1.807) is 7.11 Å². The van der Waals surface area contributed by atoms with Crippen molar-refractivity contribution in [2.24, 2.45) is 0 Å². The molecular weight excluding hydrogens is 322 g/mol. The summed E-state index contributed by atoms with van der Waals surface area (Å²) in [6, 6.07) is 2.16. The van der Waals surface area contributed by atoms with Gasteiger partial charge in [0.2, 0.25) is 5.75 Å². The molecule has 3 atom stereocenters. The highest BCUT2D eigenvalue weighted by atomic mass is 16.6. The topological polar surface area (TPSA) is 57.2 Å². The van der Waals surface area contributed by atoms with Crippen LogP contribution in [-0.4, -0.2) is 57.9 Å². The second-order valence-electron chi connectivity index (χ2n) is 6.77. The van der Waals surface area contributed by atoms with Crippen LogP contribution in [0, 0.1) is 0 Å². The fraction of sp³-hybridized carbons (Fsp3) is 0.526. The molecule has 0 saturated carbocycles. The predicted molar refractivity (Wildman–Crippen MR) is 91.8 cm³/mol. The Morgan fingerprint density at radius 3 is 2.60 bits per heavy atom. The van der Waals surface area contributed by atoms with E-state index in [1.807, 2.05) is 6.07 Å². The second-order valence-corrected chi connectivity index (χ2v) is 6.77. The maximum Gasteiger partial charge on any atom is 0.342 e. The zero-order valence-corrected chi connectivity index (χ0v) is 15.0. The highest BCUT2D eigenvalue weighted by Crippen LogP contribution is 2.51. The van der Waals surface area contributed by atoms with Gasteiger partial charge >= 0.3 is 5.97 Å². The first-order chi connectivity index (χ1) is 12.1. The molecule has 2 aliphatic heterocycles. The zero-order valence-electron chi connectivity index (χ0n) is 15.0. The Morgan fingerprint density at radius 1 is 1.16 bits per heavy atom. The molecular formula is C19H23NO5. The van der Waals surface area contributed by atoms with Gasteiger partial charge in [0.1, 0.15) is 11.7 Å². The minimum atomic E-state index is -0.355. The minimum Gasteiger partial charge on any atom is -0.493 e. The van der Waals surface area contributed by atoms with Gasteiger partial charge in [-0.2, -0.15) is 0 Å². The summed E-state index contributed by atoms with van der Waals surface area (Å²) >= 11 is 0. The van der Waals surface area contributed by atoms with E-state index in [9.17, 15) is 4.79 Å². The molecule has 0 radical (unpaired) electrons. The molecule has 1 aromatic carbocycles. The van der Waals surface area contributed by atoms with E-state index in [4.69, 9.17) is 18.9 Å². The van der Waals surface area contributed by atoms with Gasteiger partial charge in [0.25, 0.3) is 0 Å². The van der Waals surface area contributed by atoms with Crippen LogP contribution in [-0.2, 0) is 4.74 Å². The summed E-state index contributed by atoms with van der Waals surface area (Å²) in [6.45, 7) is 1.02. The first-order valence-corrected chi connectivity index (χ1v) is 8.53. The van der Waals surface area contributed by atoms with Crippen molar-refractivity contribution in [3.63, 3.8) is 0 Å². The lowest BCUT2D eigenvalue weighted by Crippen LogP contribution is -2.45. The van der Waals surface area contributed by atoms with Crippen molar-refractivity contribution in [1.29, 1.82) is 0 Å². The van der Waals surface area contributed by atoms with E-state index >= 15 is 0 Å². The van der Waals surface area contributed by atoms with Gasteiger partial charge in [-0.15, -0.1) is 0 Å². The van der Waals surface area contributed by atoms with Gasteiger partial charge < -0.3 is 18.9 Å². The number of rotatable bonds is 3. The molecule has 3 aliphatic rings. The zero-order chi connectivity index (χ0) is 17.7. The molecule has 25 heavy (non-hydrogen) atoms. The number of nitrogens with zero attached hydrogens (tertiary/aromatic N) is 1. The van der Waals surface area contributed by atoms with Crippen molar-refractivity contribution in [1.82, 2.24) is 4.90 Å². The van der Waals surface area contributed by atoms with Crippen LogP contribution in [0.15, 0.2) is 17.7 Å². The van der Waals surface area contributed by atoms with Crippen LogP contribution in [0.1, 0.15) is 34.7 Å². The summed E-state index contributed by atoms with van der Waals surface area (Å²) in [6.07, 6.45) is 3.91. The van der Waals surface area contributed by atoms with Gasteiger partial charge in [-0.25, -0.2) is 4.79 Å². The first kappa shape index (κ1) is 16.3. The number of carbonyl (C=O) groups excluding carboxylic acids is 1. The van der Waals surface area contributed by atoms with E-state index in [1.165, 1.54) is 19.8 Å². The summed E-state index contributed by atoms with van der Waals surface area (Å²) in [4.78, 5) is 15.1. The van der Waals surface area contributed by atoms with Crippen LogP contribution in [0.25, 0.3) is 0 Å². The smallest absolute Gasteiger partial charge is 0.342 e. The molecule has 0 aromatic heterocycles. The van der Waals surface area contributed by atoms with Crippen LogP contribution < -0.4 is 14.2 Å². The number of esters is 1. The number of hydrogen-bond acceptors (Lipinski definition) is 6. The van der Waals surface area contributed by atoms with Crippen LogP contribution >= 0.6 is 0 Å². The lowest BCUT2D eigenvalue weighted by molar-refractivity contribution is 0.00856. The molecule has 1 saturated heterocycles. The van der Waals surface area contributed by atoms with Crippen molar-refractivity contribution in [2.45, 2.75) is 30.9 Å². The Hall–Kier alpha value is -2.21. The third-order valence-electron chi connectivity index (χ3n) is 5.64. The third-order valence-corrected chi connectivity index (χ3v) is 5.64. The predicted octanol–water partition coefficient (Wildman–Crippen LogP) is 2.37. The number of likely N-dealkylation sites (tertiary alicyclic amines) is 1. The molecule has 1 fully saturated rings. The largest absolute Gasteiger partial charge is 0.493 e. The van der Waals surface area contributed by atoms with E-state index in [0.29, 0.717) is 22.8 Å². The van der Waals surface area contributed by atoms with E-state index < -0.39 is 0 Å². The quantitative estimate of drug-likeness (QED) is 0.619. The molecule has 4 rings (SSSR count). The average Bonchev–Trinajstić information content (AvgIpc) is 3.00. The molecule has 0 amide bonds. The number of methoxy groups -OCH3 is 3. The average molecular weight is 345 g/mol. The molecule has 0 bridgehead atoms. The molecule has 1 aliphatic carbocycles. The lowest BCUT2D eigenvalue weighted by Gasteiger charge is -2.42. The fourth-order valence-electron chi connectivity index (χ4n) is 4.56. The SMILES string of the molecule is COc1cc2c(c(OC)c1OC)C(=O)OC1CC=C3CCN(C)C3C21. The van der Waals surface area contributed by atoms with Crippen molar-refractivity contribution in [3.05, 3.63) is 28.8 Å². The number of likely N-dealkylation sites (N-methyl/N-ethyl adjacent to an activating group) is 1. The van der Waals surface area contributed by atoms with E-state index in [2.05, 4.69) is 18.0 Å². The van der Waals surface area contributed by atoms with Crippen molar-refractivity contribution in [2.75, 3.05) is 34.9 Å². The molecule has 6 heteroatoms.